The van der Waals surface area contributed by atoms with Gasteiger partial charge in [0.2, 0.25) is 5.91 Å². The summed E-state index contributed by atoms with van der Waals surface area (Å²) in [6, 6.07) is 8.13. The Bertz CT molecular complexity index is 814. The number of fused-ring (bicyclic) bond motifs is 1. The number of para-hydroxylation sites is 1. The molecule has 4 nitrogen and oxygen atoms in total. The molecule has 0 fully saturated rings. The summed E-state index contributed by atoms with van der Waals surface area (Å²) in [7, 11) is 0. The Morgan fingerprint density at radius 3 is 2.12 bits per heavy atom. The number of hydrogen-bond donors (Lipinski definition) is 2. The van der Waals surface area contributed by atoms with Gasteiger partial charge in [0.15, 0.2) is 0 Å². The van der Waals surface area contributed by atoms with Gasteiger partial charge in [0.1, 0.15) is 5.01 Å². The summed E-state index contributed by atoms with van der Waals surface area (Å²) in [5, 5.41) is 7.47. The van der Waals surface area contributed by atoms with Crippen LogP contribution in [0.3, 0.4) is 0 Å². The van der Waals surface area contributed by atoms with Gasteiger partial charge in [-0.15, -0.1) is 11.3 Å². The Morgan fingerprint density at radius 2 is 1.52 bits per heavy atom. The maximum Gasteiger partial charge on any atom is 0.221 e. The molecule has 0 aliphatic rings. The van der Waals surface area contributed by atoms with Crippen LogP contribution >= 0.6 is 23.6 Å². The molecule has 1 heterocycles. The Balaban J connectivity index is 1.89. The number of hydrogen-bond acceptors (Lipinski definition) is 4. The Labute approximate surface area is 210 Å². The van der Waals surface area contributed by atoms with Gasteiger partial charge in [-0.3, -0.25) is 4.79 Å². The second-order valence-electron chi connectivity index (χ2n) is 9.90. The lowest BCUT2D eigenvalue weighted by atomic mass is 10.0. The first-order valence-electron chi connectivity index (χ1n) is 12.8. The average Bonchev–Trinajstić information content (AvgIpc) is 3.20. The molecule has 2 N–H and O–H groups in total. The highest BCUT2D eigenvalue weighted by Crippen LogP contribution is 2.30. The van der Waals surface area contributed by atoms with E-state index in [1.54, 1.807) is 11.3 Å². The summed E-state index contributed by atoms with van der Waals surface area (Å²) in [6.45, 7) is 10.6. The van der Waals surface area contributed by atoms with Crippen LogP contribution in [0.25, 0.3) is 10.2 Å². The number of carbonyl (C=O) groups is 1. The lowest BCUT2D eigenvalue weighted by molar-refractivity contribution is -0.121. The smallest absolute Gasteiger partial charge is 0.221 e. The van der Waals surface area contributed by atoms with Gasteiger partial charge in [-0.25, -0.2) is 4.98 Å². The monoisotopic (exact) mass is 489 g/mol. The number of thiazole rings is 1. The third-order valence-corrected chi connectivity index (χ3v) is 7.43. The quantitative estimate of drug-likeness (QED) is 0.193. The van der Waals surface area contributed by atoms with Crippen molar-refractivity contribution in [3.05, 3.63) is 29.3 Å². The number of carbonyl (C=O) groups excluding carboxylic acids is 1. The lowest BCUT2D eigenvalue weighted by Gasteiger charge is -2.17. The van der Waals surface area contributed by atoms with Gasteiger partial charge in [0.05, 0.1) is 21.1 Å². The van der Waals surface area contributed by atoms with E-state index in [0.29, 0.717) is 6.42 Å². The minimum absolute atomic E-state index is 0.0594. The second kappa shape index (κ2) is 15.4. The highest BCUT2D eigenvalue weighted by atomic mass is 32.1. The maximum atomic E-state index is 12.7. The van der Waals surface area contributed by atoms with Gasteiger partial charge in [-0.1, -0.05) is 90.6 Å². The van der Waals surface area contributed by atoms with E-state index < -0.39 is 0 Å². The van der Waals surface area contributed by atoms with Crippen molar-refractivity contribution in [2.45, 2.75) is 91.4 Å². The first-order valence-corrected chi connectivity index (χ1v) is 14.0. The van der Waals surface area contributed by atoms with Crippen LogP contribution in [-0.2, 0) is 4.79 Å². The highest BCUT2D eigenvalue weighted by Gasteiger charge is 2.24. The fraction of sp³-hybridized carbons (Fsp3) is 0.667. The summed E-state index contributed by atoms with van der Waals surface area (Å²) in [4.78, 5) is 18.3. The number of rotatable bonds is 16. The van der Waals surface area contributed by atoms with E-state index in [4.69, 9.17) is 17.2 Å². The van der Waals surface area contributed by atoms with Gasteiger partial charge >= 0.3 is 0 Å². The SMILES string of the molecule is CC(C)CCCCCNC(=O)CC(C(=S)NCCCCCC(C)C)c1nc2ccccc2s1. The summed E-state index contributed by atoms with van der Waals surface area (Å²) in [6.07, 6.45) is 9.87. The molecule has 184 valence electrons. The van der Waals surface area contributed by atoms with E-state index in [1.807, 2.05) is 18.2 Å². The molecular weight excluding hydrogens is 446 g/mol. The van der Waals surface area contributed by atoms with E-state index in [2.05, 4.69) is 44.4 Å². The van der Waals surface area contributed by atoms with Crippen LogP contribution in [0.2, 0.25) is 0 Å². The summed E-state index contributed by atoms with van der Waals surface area (Å²) in [5.74, 6) is 1.40. The molecule has 0 aliphatic carbocycles. The van der Waals surface area contributed by atoms with Crippen molar-refractivity contribution >= 4 is 44.7 Å². The average molecular weight is 490 g/mol. The van der Waals surface area contributed by atoms with Crippen molar-refractivity contribution in [2.24, 2.45) is 11.8 Å². The zero-order valence-electron chi connectivity index (χ0n) is 21.0. The molecule has 0 spiro atoms. The van der Waals surface area contributed by atoms with Crippen molar-refractivity contribution in [3.8, 4) is 0 Å². The number of aromatic nitrogens is 1. The highest BCUT2D eigenvalue weighted by molar-refractivity contribution is 7.80. The lowest BCUT2D eigenvalue weighted by Crippen LogP contribution is -2.33. The zero-order chi connectivity index (χ0) is 24.1. The molecule has 33 heavy (non-hydrogen) atoms. The first-order chi connectivity index (χ1) is 15.9. The van der Waals surface area contributed by atoms with Crippen LogP contribution in [0.1, 0.15) is 96.4 Å². The molecule has 1 unspecified atom stereocenters. The summed E-state index contributed by atoms with van der Waals surface area (Å²) in [5.41, 5.74) is 0.976. The van der Waals surface area contributed by atoms with Crippen LogP contribution < -0.4 is 10.6 Å². The maximum absolute atomic E-state index is 12.7. The number of unbranched alkanes of at least 4 members (excludes halogenated alkanes) is 4. The molecule has 1 amide bonds. The Morgan fingerprint density at radius 1 is 0.909 bits per heavy atom. The van der Waals surface area contributed by atoms with Crippen molar-refractivity contribution in [2.75, 3.05) is 13.1 Å². The predicted octanol–water partition coefficient (Wildman–Crippen LogP) is 7.24. The third kappa shape index (κ3) is 11.0. The van der Waals surface area contributed by atoms with Crippen LogP contribution in [-0.4, -0.2) is 29.0 Å². The molecule has 0 saturated heterocycles. The molecular formula is C27H43N3OS2. The van der Waals surface area contributed by atoms with Crippen LogP contribution in [0.15, 0.2) is 24.3 Å². The molecule has 6 heteroatoms. The van der Waals surface area contributed by atoms with Crippen LogP contribution in [0, 0.1) is 11.8 Å². The van der Waals surface area contributed by atoms with Crippen molar-refractivity contribution in [1.82, 2.24) is 15.6 Å². The molecule has 1 aromatic heterocycles. The normalized spacial score (nSPS) is 12.4. The molecule has 1 atom stereocenters. The van der Waals surface area contributed by atoms with Gasteiger partial charge in [0, 0.05) is 19.5 Å². The Kier molecular flexibility index (Phi) is 12.9. The molecule has 2 rings (SSSR count). The number of nitrogens with one attached hydrogen (secondary N) is 2. The van der Waals surface area contributed by atoms with Gasteiger partial charge in [0.25, 0.3) is 0 Å². The minimum Gasteiger partial charge on any atom is -0.379 e. The Hall–Kier alpha value is -1.53. The van der Waals surface area contributed by atoms with Gasteiger partial charge in [-0.2, -0.15) is 0 Å². The van der Waals surface area contributed by atoms with Crippen molar-refractivity contribution in [1.29, 1.82) is 0 Å². The molecule has 0 saturated carbocycles. The summed E-state index contributed by atoms with van der Waals surface area (Å²) >= 11 is 7.42. The third-order valence-electron chi connectivity index (χ3n) is 5.85. The second-order valence-corrected chi connectivity index (χ2v) is 11.4. The van der Waals surface area contributed by atoms with E-state index in [0.717, 1.165) is 64.4 Å². The van der Waals surface area contributed by atoms with Crippen LogP contribution in [0.4, 0.5) is 0 Å². The largest absolute Gasteiger partial charge is 0.379 e. The topological polar surface area (TPSA) is 54.0 Å². The van der Waals surface area contributed by atoms with E-state index in [9.17, 15) is 4.79 Å². The van der Waals surface area contributed by atoms with Crippen molar-refractivity contribution in [3.63, 3.8) is 0 Å². The molecule has 0 radical (unpaired) electrons. The fourth-order valence-electron chi connectivity index (χ4n) is 3.86. The number of thiocarbonyl (C=S) groups is 1. The van der Waals surface area contributed by atoms with Crippen molar-refractivity contribution < 1.29 is 4.79 Å². The number of benzene rings is 1. The predicted molar refractivity (Wildman–Crippen MR) is 147 cm³/mol. The molecule has 2 aromatic rings. The first kappa shape index (κ1) is 27.7. The van der Waals surface area contributed by atoms with E-state index in [-0.39, 0.29) is 11.8 Å². The molecule has 0 bridgehead atoms. The van der Waals surface area contributed by atoms with Gasteiger partial charge in [-0.05, 0) is 36.8 Å². The summed E-state index contributed by atoms with van der Waals surface area (Å²) < 4.78 is 1.14. The zero-order valence-corrected chi connectivity index (χ0v) is 22.6. The molecule has 0 aliphatic heterocycles. The number of nitrogens with zero attached hydrogens (tertiary/aromatic N) is 1. The van der Waals surface area contributed by atoms with Gasteiger partial charge < -0.3 is 10.6 Å². The van der Waals surface area contributed by atoms with E-state index >= 15 is 0 Å². The fourth-order valence-corrected chi connectivity index (χ4v) is 5.31. The van der Waals surface area contributed by atoms with Crippen LogP contribution in [0.5, 0.6) is 0 Å². The van der Waals surface area contributed by atoms with E-state index in [1.165, 1.54) is 32.1 Å². The number of amides is 1. The minimum atomic E-state index is -0.172. The standard InChI is InChI=1S/C27H43N3OS2/c1-20(2)13-7-5-11-17-28-25(31)19-22(26(32)29-18-12-6-8-14-21(3)4)27-30-23-15-9-10-16-24(23)33-27/h9-10,15-16,20-22H,5-8,11-14,17-19H2,1-4H3,(H,28,31)(H,29,32). The molecule has 1 aromatic carbocycles.